The average molecular weight is 200 g/mol. The second-order valence-electron chi connectivity index (χ2n) is 3.92. The van der Waals surface area contributed by atoms with Crippen LogP contribution in [0.3, 0.4) is 0 Å². The largest absolute Gasteiger partial charge is 0.444 e. The molecule has 0 unspecified atom stereocenters. The number of carbonyl (C=O) groups excluding carboxylic acids is 1. The molecule has 1 saturated heterocycles. The van der Waals surface area contributed by atoms with Crippen LogP contribution < -0.4 is 0 Å². The molecule has 80 valence electrons. The fourth-order valence-corrected chi connectivity index (χ4v) is 0.825. The lowest BCUT2D eigenvalue weighted by molar-refractivity contribution is 0.0131. The summed E-state index contributed by atoms with van der Waals surface area (Å²) in [4.78, 5) is 12.9. The molecule has 5 heteroatoms. The van der Waals surface area contributed by atoms with Gasteiger partial charge < -0.3 is 14.7 Å². The van der Waals surface area contributed by atoms with E-state index in [2.05, 4.69) is 0 Å². The standard InChI is InChI=1S/C8H15NO2.CHNO/c1-8(2,3)11-7(10)9-5-4-6-9;2-1-3/h4-6H2,1-3H3;3H. The Morgan fingerprint density at radius 3 is 2.14 bits per heavy atom. The monoisotopic (exact) mass is 200 g/mol. The van der Waals surface area contributed by atoms with Crippen molar-refractivity contribution in [3.8, 4) is 6.26 Å². The summed E-state index contributed by atoms with van der Waals surface area (Å²) in [6.45, 7) is 7.35. The summed E-state index contributed by atoms with van der Waals surface area (Å²) in [5, 5.41) is 13.8. The zero-order chi connectivity index (χ0) is 11.2. The third kappa shape index (κ3) is 5.25. The first-order valence-electron chi connectivity index (χ1n) is 4.42. The Balaban J connectivity index is 0.000000500. The SMILES string of the molecule is CC(C)(C)OC(=O)N1CCC1.N#CO. The zero-order valence-corrected chi connectivity index (χ0v) is 8.78. The first-order valence-corrected chi connectivity index (χ1v) is 4.42. The van der Waals surface area contributed by atoms with Crippen molar-refractivity contribution in [1.29, 1.82) is 5.26 Å². The van der Waals surface area contributed by atoms with Gasteiger partial charge in [-0.05, 0) is 27.2 Å². The van der Waals surface area contributed by atoms with Gasteiger partial charge in [0.15, 0.2) is 0 Å². The van der Waals surface area contributed by atoms with E-state index >= 15 is 0 Å². The number of amides is 1. The fraction of sp³-hybridized carbons (Fsp3) is 0.778. The van der Waals surface area contributed by atoms with E-state index in [0.717, 1.165) is 25.8 Å². The van der Waals surface area contributed by atoms with Crippen LogP contribution in [0, 0.1) is 11.5 Å². The van der Waals surface area contributed by atoms with E-state index in [1.807, 2.05) is 20.8 Å². The number of ether oxygens (including phenoxy) is 1. The van der Waals surface area contributed by atoms with Crippen molar-refractivity contribution in [2.24, 2.45) is 0 Å². The van der Waals surface area contributed by atoms with Gasteiger partial charge in [0.05, 0.1) is 0 Å². The molecular weight excluding hydrogens is 184 g/mol. The number of nitrogens with zero attached hydrogens (tertiary/aromatic N) is 2. The highest BCUT2D eigenvalue weighted by atomic mass is 16.6. The van der Waals surface area contributed by atoms with Crippen molar-refractivity contribution in [3.05, 3.63) is 0 Å². The summed E-state index contributed by atoms with van der Waals surface area (Å²) in [6, 6.07) is 0. The number of carbonyl (C=O) groups is 1. The molecule has 0 aromatic carbocycles. The van der Waals surface area contributed by atoms with Crippen LogP contribution in [0.15, 0.2) is 0 Å². The molecule has 5 nitrogen and oxygen atoms in total. The molecule has 0 spiro atoms. The van der Waals surface area contributed by atoms with Gasteiger partial charge >= 0.3 is 6.09 Å². The lowest BCUT2D eigenvalue weighted by atomic mass is 10.2. The van der Waals surface area contributed by atoms with Gasteiger partial charge in [-0.2, -0.15) is 5.26 Å². The summed E-state index contributed by atoms with van der Waals surface area (Å²) in [7, 11) is 0. The number of rotatable bonds is 0. The van der Waals surface area contributed by atoms with Crippen LogP contribution >= 0.6 is 0 Å². The summed E-state index contributed by atoms with van der Waals surface area (Å²) in [5.74, 6) is 0. The third-order valence-corrected chi connectivity index (χ3v) is 1.51. The normalized spacial score (nSPS) is 14.3. The number of hydrogen-bond acceptors (Lipinski definition) is 4. The van der Waals surface area contributed by atoms with Gasteiger partial charge in [0, 0.05) is 13.1 Å². The van der Waals surface area contributed by atoms with E-state index in [4.69, 9.17) is 15.1 Å². The van der Waals surface area contributed by atoms with Crippen molar-refractivity contribution >= 4 is 6.09 Å². The van der Waals surface area contributed by atoms with Gasteiger partial charge in [0.25, 0.3) is 6.26 Å². The van der Waals surface area contributed by atoms with Crippen molar-refractivity contribution in [1.82, 2.24) is 4.90 Å². The maximum absolute atomic E-state index is 11.1. The molecule has 14 heavy (non-hydrogen) atoms. The highest BCUT2D eigenvalue weighted by molar-refractivity contribution is 5.68. The fourth-order valence-electron chi connectivity index (χ4n) is 0.825. The molecule has 1 fully saturated rings. The van der Waals surface area contributed by atoms with Gasteiger partial charge in [-0.15, -0.1) is 0 Å². The molecule has 1 N–H and O–H groups in total. The van der Waals surface area contributed by atoms with Gasteiger partial charge in [-0.25, -0.2) is 4.79 Å². The zero-order valence-electron chi connectivity index (χ0n) is 8.78. The van der Waals surface area contributed by atoms with Gasteiger partial charge in [0.1, 0.15) is 5.60 Å². The van der Waals surface area contributed by atoms with Crippen LogP contribution in [0.4, 0.5) is 4.79 Å². The summed E-state index contributed by atoms with van der Waals surface area (Å²) in [5.41, 5.74) is -0.354. The van der Waals surface area contributed by atoms with Gasteiger partial charge in [0.2, 0.25) is 0 Å². The van der Waals surface area contributed by atoms with Crippen molar-refractivity contribution in [2.45, 2.75) is 32.8 Å². The van der Waals surface area contributed by atoms with E-state index in [0.29, 0.717) is 0 Å². The molecule has 1 aliphatic heterocycles. The Morgan fingerprint density at radius 1 is 1.50 bits per heavy atom. The van der Waals surface area contributed by atoms with Gasteiger partial charge in [-0.3, -0.25) is 0 Å². The second-order valence-corrected chi connectivity index (χ2v) is 3.92. The number of nitriles is 1. The van der Waals surface area contributed by atoms with Crippen LogP contribution in [0.1, 0.15) is 27.2 Å². The van der Waals surface area contributed by atoms with E-state index in [1.54, 1.807) is 4.90 Å². The first kappa shape index (κ1) is 12.6. The smallest absolute Gasteiger partial charge is 0.410 e. The maximum Gasteiger partial charge on any atom is 0.410 e. The minimum atomic E-state index is -0.354. The van der Waals surface area contributed by atoms with E-state index in [-0.39, 0.29) is 11.7 Å². The number of likely N-dealkylation sites (tertiary alicyclic amines) is 1. The van der Waals surface area contributed by atoms with Crippen LogP contribution in [0.5, 0.6) is 0 Å². The Labute approximate surface area is 83.9 Å². The van der Waals surface area contributed by atoms with Crippen LogP contribution in [0.25, 0.3) is 0 Å². The number of aliphatic hydroxyl groups excluding tert-OH is 1. The molecule has 0 saturated carbocycles. The molecule has 1 rings (SSSR count). The maximum atomic E-state index is 11.1. The molecule has 1 aliphatic rings. The average Bonchev–Trinajstić information content (AvgIpc) is 1.78. The predicted octanol–water partition coefficient (Wildman–Crippen LogP) is 1.47. The van der Waals surface area contributed by atoms with Crippen LogP contribution in [0.2, 0.25) is 0 Å². The number of hydrogen-bond donors (Lipinski definition) is 1. The molecule has 0 bridgehead atoms. The lowest BCUT2D eigenvalue weighted by Crippen LogP contribution is -2.44. The van der Waals surface area contributed by atoms with E-state index in [1.165, 1.54) is 0 Å². The van der Waals surface area contributed by atoms with E-state index < -0.39 is 0 Å². The minimum absolute atomic E-state index is 0.177. The van der Waals surface area contributed by atoms with Crippen molar-refractivity contribution in [3.63, 3.8) is 0 Å². The highest BCUT2D eigenvalue weighted by Crippen LogP contribution is 2.13. The molecule has 1 heterocycles. The summed E-state index contributed by atoms with van der Waals surface area (Å²) >= 11 is 0. The summed E-state index contributed by atoms with van der Waals surface area (Å²) < 4.78 is 5.13. The quantitative estimate of drug-likeness (QED) is 0.601. The van der Waals surface area contributed by atoms with Crippen LogP contribution in [-0.2, 0) is 4.74 Å². The Bertz CT molecular complexity index is 223. The van der Waals surface area contributed by atoms with Gasteiger partial charge in [-0.1, -0.05) is 0 Å². The Morgan fingerprint density at radius 2 is 1.93 bits per heavy atom. The molecular formula is C9H16N2O3. The minimum Gasteiger partial charge on any atom is -0.444 e. The third-order valence-electron chi connectivity index (χ3n) is 1.51. The molecule has 0 aromatic rings. The molecule has 0 radical (unpaired) electrons. The Kier molecular flexibility index (Phi) is 4.78. The number of aliphatic hydroxyl groups is 1. The molecule has 1 amide bonds. The highest BCUT2D eigenvalue weighted by Gasteiger charge is 2.25. The van der Waals surface area contributed by atoms with Crippen molar-refractivity contribution < 1.29 is 14.6 Å². The molecule has 0 aromatic heterocycles. The molecule has 0 aliphatic carbocycles. The lowest BCUT2D eigenvalue weighted by Gasteiger charge is -2.32. The predicted molar refractivity (Wildman–Crippen MR) is 50.0 cm³/mol. The van der Waals surface area contributed by atoms with Crippen molar-refractivity contribution in [2.75, 3.05) is 13.1 Å². The topological polar surface area (TPSA) is 73.6 Å². The summed E-state index contributed by atoms with van der Waals surface area (Å²) in [6.07, 6.45) is 1.68. The first-order chi connectivity index (χ1) is 6.40. The van der Waals surface area contributed by atoms with Crippen LogP contribution in [-0.4, -0.2) is 34.8 Å². The second kappa shape index (κ2) is 5.32. The molecule has 0 atom stereocenters. The Hall–Kier alpha value is -1.44. The van der Waals surface area contributed by atoms with E-state index in [9.17, 15) is 4.79 Å².